The van der Waals surface area contributed by atoms with Crippen LogP contribution in [0.1, 0.15) is 57.9 Å². The molecule has 4 nitrogen and oxygen atoms in total. The van der Waals surface area contributed by atoms with Crippen LogP contribution in [0.3, 0.4) is 0 Å². The van der Waals surface area contributed by atoms with Crippen LogP contribution < -0.4 is 10.6 Å². The third-order valence-corrected chi connectivity index (χ3v) is 5.63. The summed E-state index contributed by atoms with van der Waals surface area (Å²) in [4.78, 5) is 25.3. The van der Waals surface area contributed by atoms with Crippen LogP contribution >= 0.6 is 15.9 Å². The first-order valence-corrected chi connectivity index (χ1v) is 10.0. The molecule has 5 heteroatoms. The minimum absolute atomic E-state index is 0.0347. The highest BCUT2D eigenvalue weighted by Crippen LogP contribution is 2.24. The molecule has 2 N–H and O–H groups in total. The largest absolute Gasteiger partial charge is 0.344 e. The van der Waals surface area contributed by atoms with E-state index in [1.165, 1.54) is 6.42 Å². The van der Waals surface area contributed by atoms with E-state index in [0.717, 1.165) is 41.4 Å². The fourth-order valence-electron chi connectivity index (χ4n) is 3.31. The van der Waals surface area contributed by atoms with Gasteiger partial charge in [0.05, 0.1) is 0 Å². The Labute approximate surface area is 159 Å². The number of aryl methyl sites for hydroxylation is 1. The molecule has 1 aromatic rings. The van der Waals surface area contributed by atoms with Crippen LogP contribution in [0.2, 0.25) is 0 Å². The summed E-state index contributed by atoms with van der Waals surface area (Å²) in [6.45, 7) is 6.11. The van der Waals surface area contributed by atoms with Crippen LogP contribution in [0.5, 0.6) is 0 Å². The molecule has 25 heavy (non-hydrogen) atoms. The van der Waals surface area contributed by atoms with Gasteiger partial charge in [0.1, 0.15) is 6.04 Å². The number of rotatable bonds is 6. The SMILES string of the molecule is Cc1cc(NC(=O)[C@@H](CC(C)C)NC(=O)C2CCCCC2)ccc1Br. The molecule has 0 unspecified atom stereocenters. The van der Waals surface area contributed by atoms with E-state index in [-0.39, 0.29) is 17.7 Å². The summed E-state index contributed by atoms with van der Waals surface area (Å²) in [7, 11) is 0. The van der Waals surface area contributed by atoms with Crippen LogP contribution in [0.15, 0.2) is 22.7 Å². The molecule has 1 aliphatic rings. The summed E-state index contributed by atoms with van der Waals surface area (Å²) >= 11 is 3.46. The molecular formula is C20H29BrN2O2. The van der Waals surface area contributed by atoms with Gasteiger partial charge < -0.3 is 10.6 Å². The van der Waals surface area contributed by atoms with Crippen LogP contribution in [0.25, 0.3) is 0 Å². The lowest BCUT2D eigenvalue weighted by molar-refractivity contribution is -0.130. The van der Waals surface area contributed by atoms with Gasteiger partial charge in [0.2, 0.25) is 11.8 Å². The fraction of sp³-hybridized carbons (Fsp3) is 0.600. The number of carbonyl (C=O) groups excluding carboxylic acids is 2. The molecule has 1 aromatic carbocycles. The van der Waals surface area contributed by atoms with E-state index in [2.05, 4.69) is 40.4 Å². The lowest BCUT2D eigenvalue weighted by Crippen LogP contribution is -2.47. The molecule has 0 aliphatic heterocycles. The van der Waals surface area contributed by atoms with Gasteiger partial charge in [-0.3, -0.25) is 9.59 Å². The quantitative estimate of drug-likeness (QED) is 0.709. The maximum absolute atomic E-state index is 12.7. The van der Waals surface area contributed by atoms with Crippen molar-refractivity contribution in [2.45, 2.75) is 65.3 Å². The van der Waals surface area contributed by atoms with Crippen molar-refractivity contribution in [3.05, 3.63) is 28.2 Å². The summed E-state index contributed by atoms with van der Waals surface area (Å²) in [6.07, 6.45) is 5.94. The molecule has 1 aliphatic carbocycles. The zero-order valence-corrected chi connectivity index (χ0v) is 17.0. The molecule has 2 amide bonds. The Morgan fingerprint density at radius 3 is 2.48 bits per heavy atom. The molecule has 0 aromatic heterocycles. The van der Waals surface area contributed by atoms with Crippen LogP contribution in [0.4, 0.5) is 5.69 Å². The van der Waals surface area contributed by atoms with Gasteiger partial charge in [-0.25, -0.2) is 0 Å². The van der Waals surface area contributed by atoms with Crippen molar-refractivity contribution in [2.75, 3.05) is 5.32 Å². The van der Waals surface area contributed by atoms with E-state index < -0.39 is 6.04 Å². The molecule has 0 saturated heterocycles. The molecule has 0 radical (unpaired) electrons. The third-order valence-electron chi connectivity index (χ3n) is 4.74. The molecule has 0 bridgehead atoms. The first-order valence-electron chi connectivity index (χ1n) is 9.24. The first-order chi connectivity index (χ1) is 11.9. The Kier molecular flexibility index (Phi) is 7.48. The number of carbonyl (C=O) groups is 2. The van der Waals surface area contributed by atoms with Gasteiger partial charge in [-0.2, -0.15) is 0 Å². The lowest BCUT2D eigenvalue weighted by atomic mass is 9.88. The van der Waals surface area contributed by atoms with E-state index in [0.29, 0.717) is 12.3 Å². The van der Waals surface area contributed by atoms with Crippen molar-refractivity contribution in [1.29, 1.82) is 0 Å². The summed E-state index contributed by atoms with van der Waals surface area (Å²) in [5.74, 6) is 0.285. The normalized spacial score (nSPS) is 16.5. The summed E-state index contributed by atoms with van der Waals surface area (Å²) in [5, 5.41) is 5.95. The number of nitrogens with one attached hydrogen (secondary N) is 2. The second-order valence-corrected chi connectivity index (χ2v) is 8.33. The summed E-state index contributed by atoms with van der Waals surface area (Å²) in [6, 6.07) is 5.23. The van der Waals surface area contributed by atoms with Crippen molar-refractivity contribution < 1.29 is 9.59 Å². The number of hydrogen-bond acceptors (Lipinski definition) is 2. The fourth-order valence-corrected chi connectivity index (χ4v) is 3.56. The topological polar surface area (TPSA) is 58.2 Å². The lowest BCUT2D eigenvalue weighted by Gasteiger charge is -2.25. The molecule has 1 fully saturated rings. The van der Waals surface area contributed by atoms with Crippen LogP contribution in [0, 0.1) is 18.8 Å². The average molecular weight is 409 g/mol. The van der Waals surface area contributed by atoms with Crippen LogP contribution in [-0.2, 0) is 9.59 Å². The predicted molar refractivity (Wildman–Crippen MR) is 105 cm³/mol. The Morgan fingerprint density at radius 1 is 1.20 bits per heavy atom. The van der Waals surface area contributed by atoms with Crippen molar-refractivity contribution >= 4 is 33.4 Å². The minimum Gasteiger partial charge on any atom is -0.344 e. The van der Waals surface area contributed by atoms with Crippen molar-refractivity contribution in [3.8, 4) is 0 Å². The highest BCUT2D eigenvalue weighted by atomic mass is 79.9. The molecule has 1 saturated carbocycles. The standard InChI is InChI=1S/C20H29BrN2O2/c1-13(2)11-18(23-19(24)15-7-5-4-6-8-15)20(25)22-16-9-10-17(21)14(3)12-16/h9-10,12-13,15,18H,4-8,11H2,1-3H3,(H,22,25)(H,23,24)/t18-/m1/s1. The highest BCUT2D eigenvalue weighted by Gasteiger charge is 2.27. The second kappa shape index (κ2) is 9.37. The predicted octanol–water partition coefficient (Wildman–Crippen LogP) is 4.81. The number of anilines is 1. The molecule has 138 valence electrons. The number of hydrogen-bond donors (Lipinski definition) is 2. The van der Waals surface area contributed by atoms with Gasteiger partial charge in [0.25, 0.3) is 0 Å². The number of amides is 2. The highest BCUT2D eigenvalue weighted by molar-refractivity contribution is 9.10. The summed E-state index contributed by atoms with van der Waals surface area (Å²) < 4.78 is 1.01. The first kappa shape index (κ1) is 20.0. The second-order valence-electron chi connectivity index (χ2n) is 7.48. The number of benzene rings is 1. The molecule has 1 atom stereocenters. The maximum Gasteiger partial charge on any atom is 0.246 e. The van der Waals surface area contributed by atoms with E-state index in [4.69, 9.17) is 0 Å². The molecule has 0 heterocycles. The summed E-state index contributed by atoms with van der Waals surface area (Å²) in [5.41, 5.74) is 1.82. The zero-order valence-electron chi connectivity index (χ0n) is 15.4. The smallest absolute Gasteiger partial charge is 0.246 e. The molecule has 0 spiro atoms. The van der Waals surface area contributed by atoms with Gasteiger partial charge in [-0.1, -0.05) is 49.0 Å². The average Bonchev–Trinajstić information content (AvgIpc) is 2.58. The Hall–Kier alpha value is -1.36. The Balaban J connectivity index is 2.02. The van der Waals surface area contributed by atoms with Crippen molar-refractivity contribution in [1.82, 2.24) is 5.32 Å². The van der Waals surface area contributed by atoms with Gasteiger partial charge in [0.15, 0.2) is 0 Å². The van der Waals surface area contributed by atoms with E-state index in [1.807, 2.05) is 25.1 Å². The Morgan fingerprint density at radius 2 is 1.88 bits per heavy atom. The van der Waals surface area contributed by atoms with E-state index >= 15 is 0 Å². The zero-order chi connectivity index (χ0) is 18.4. The van der Waals surface area contributed by atoms with Gasteiger partial charge in [-0.05, 0) is 55.9 Å². The third kappa shape index (κ3) is 6.14. The number of halogens is 1. The van der Waals surface area contributed by atoms with Crippen molar-refractivity contribution in [2.24, 2.45) is 11.8 Å². The monoisotopic (exact) mass is 408 g/mol. The molecular weight excluding hydrogens is 380 g/mol. The molecule has 2 rings (SSSR count). The van der Waals surface area contributed by atoms with Crippen molar-refractivity contribution in [3.63, 3.8) is 0 Å². The van der Waals surface area contributed by atoms with Crippen LogP contribution in [-0.4, -0.2) is 17.9 Å². The maximum atomic E-state index is 12.7. The van der Waals surface area contributed by atoms with E-state index in [9.17, 15) is 9.59 Å². The van der Waals surface area contributed by atoms with Gasteiger partial charge in [0, 0.05) is 16.1 Å². The Bertz CT molecular complexity index is 610. The van der Waals surface area contributed by atoms with Gasteiger partial charge >= 0.3 is 0 Å². The van der Waals surface area contributed by atoms with Gasteiger partial charge in [-0.15, -0.1) is 0 Å². The van der Waals surface area contributed by atoms with E-state index in [1.54, 1.807) is 0 Å². The minimum atomic E-state index is -0.488.